The van der Waals surface area contributed by atoms with Gasteiger partial charge in [0.2, 0.25) is 0 Å². The molecular weight excluding hydrogens is 304 g/mol. The molecule has 0 saturated carbocycles. The van der Waals surface area contributed by atoms with Crippen molar-refractivity contribution in [1.82, 2.24) is 20.0 Å². The molecule has 1 heterocycles. The lowest BCUT2D eigenvalue weighted by Crippen LogP contribution is -2.24. The summed E-state index contributed by atoms with van der Waals surface area (Å²) in [4.78, 5) is 2.19. The normalized spacial score (nSPS) is 13.2. The van der Waals surface area contributed by atoms with Crippen LogP contribution in [0.5, 0.6) is 0 Å². The van der Waals surface area contributed by atoms with Crippen LogP contribution in [-0.2, 0) is 6.54 Å². The van der Waals surface area contributed by atoms with E-state index in [0.29, 0.717) is 6.04 Å². The van der Waals surface area contributed by atoms with Gasteiger partial charge in [-0.15, -0.1) is 0 Å². The van der Waals surface area contributed by atoms with Crippen LogP contribution in [-0.4, -0.2) is 42.4 Å². The molecule has 0 aliphatic heterocycles. The van der Waals surface area contributed by atoms with Crippen LogP contribution in [0, 0.1) is 0 Å². The Bertz CT molecular complexity index is 362. The lowest BCUT2D eigenvalue weighted by atomic mass is 10.1. The van der Waals surface area contributed by atoms with Crippen molar-refractivity contribution in [3.63, 3.8) is 0 Å². The fourth-order valence-electron chi connectivity index (χ4n) is 2.21. The van der Waals surface area contributed by atoms with Crippen LogP contribution in [0.25, 0.3) is 0 Å². The molecule has 1 N–H and O–H groups in total. The summed E-state index contributed by atoms with van der Waals surface area (Å²) in [5.41, 5.74) is 1.28. The van der Waals surface area contributed by atoms with Crippen LogP contribution in [0.4, 0.5) is 0 Å². The van der Waals surface area contributed by atoms with E-state index in [1.807, 2.05) is 13.2 Å². The number of likely N-dealkylation sites (N-methyl/N-ethyl adjacent to an activating group) is 1. The molecule has 4 nitrogen and oxygen atoms in total. The summed E-state index contributed by atoms with van der Waals surface area (Å²) >= 11 is 3.64. The van der Waals surface area contributed by atoms with Crippen molar-refractivity contribution in [2.45, 2.75) is 45.2 Å². The fourth-order valence-corrected chi connectivity index (χ4v) is 2.78. The molecule has 1 unspecified atom stereocenters. The maximum absolute atomic E-state index is 4.49. The first-order valence-corrected chi connectivity index (χ1v) is 7.92. The third-order valence-corrected chi connectivity index (χ3v) is 3.98. The average molecular weight is 331 g/mol. The fraction of sp³-hybridized carbons (Fsp3) is 0.786. The van der Waals surface area contributed by atoms with E-state index in [9.17, 15) is 0 Å². The largest absolute Gasteiger partial charge is 0.312 e. The summed E-state index contributed by atoms with van der Waals surface area (Å²) in [6.45, 7) is 4.18. The Morgan fingerprint density at radius 3 is 2.74 bits per heavy atom. The molecule has 0 bridgehead atoms. The Hall–Kier alpha value is -0.390. The van der Waals surface area contributed by atoms with Crippen LogP contribution < -0.4 is 5.32 Å². The van der Waals surface area contributed by atoms with Gasteiger partial charge < -0.3 is 10.2 Å². The second-order valence-electron chi connectivity index (χ2n) is 5.24. The Labute approximate surface area is 125 Å². The van der Waals surface area contributed by atoms with E-state index >= 15 is 0 Å². The first-order chi connectivity index (χ1) is 9.10. The van der Waals surface area contributed by atoms with Gasteiger partial charge in [-0.1, -0.05) is 26.2 Å². The first kappa shape index (κ1) is 16.7. The lowest BCUT2D eigenvalue weighted by Gasteiger charge is -2.20. The van der Waals surface area contributed by atoms with Gasteiger partial charge in [0.25, 0.3) is 0 Å². The van der Waals surface area contributed by atoms with Crippen LogP contribution >= 0.6 is 15.9 Å². The molecule has 1 aromatic heterocycles. The highest BCUT2D eigenvalue weighted by molar-refractivity contribution is 9.10. The zero-order chi connectivity index (χ0) is 14.3. The molecule has 0 aliphatic rings. The molecule has 0 amide bonds. The van der Waals surface area contributed by atoms with Gasteiger partial charge in [0, 0.05) is 6.54 Å². The average Bonchev–Trinajstić information content (AvgIpc) is 2.74. The quantitative estimate of drug-likeness (QED) is 0.706. The van der Waals surface area contributed by atoms with Crippen LogP contribution in [0.15, 0.2) is 10.7 Å². The molecule has 5 heteroatoms. The summed E-state index contributed by atoms with van der Waals surface area (Å²) < 4.78 is 3.24. The van der Waals surface area contributed by atoms with Crippen molar-refractivity contribution in [2.75, 3.05) is 27.7 Å². The zero-order valence-corrected chi connectivity index (χ0v) is 14.2. The molecule has 1 atom stereocenters. The molecule has 0 aromatic carbocycles. The van der Waals surface area contributed by atoms with Gasteiger partial charge in [0.15, 0.2) is 0 Å². The van der Waals surface area contributed by atoms with Crippen molar-refractivity contribution in [2.24, 2.45) is 0 Å². The second kappa shape index (κ2) is 8.72. The van der Waals surface area contributed by atoms with E-state index in [1.54, 1.807) is 0 Å². The monoisotopic (exact) mass is 330 g/mol. The number of aromatic nitrogens is 2. The number of halogens is 1. The van der Waals surface area contributed by atoms with Gasteiger partial charge in [-0.3, -0.25) is 4.68 Å². The molecule has 110 valence electrons. The molecule has 0 radical (unpaired) electrons. The summed E-state index contributed by atoms with van der Waals surface area (Å²) in [5, 5.41) is 7.92. The molecule has 0 spiro atoms. The molecular formula is C14H27BrN4. The maximum atomic E-state index is 4.49. The number of nitrogens with one attached hydrogen (secondary N) is 1. The van der Waals surface area contributed by atoms with E-state index in [4.69, 9.17) is 0 Å². The van der Waals surface area contributed by atoms with Crippen molar-refractivity contribution >= 4 is 15.9 Å². The van der Waals surface area contributed by atoms with E-state index in [-0.39, 0.29) is 0 Å². The van der Waals surface area contributed by atoms with Crippen molar-refractivity contribution in [3.8, 4) is 0 Å². The number of rotatable bonds is 9. The van der Waals surface area contributed by atoms with Gasteiger partial charge >= 0.3 is 0 Å². The summed E-state index contributed by atoms with van der Waals surface area (Å²) in [6, 6.07) is 0.380. The summed E-state index contributed by atoms with van der Waals surface area (Å²) in [7, 11) is 6.22. The van der Waals surface area contributed by atoms with Crippen LogP contribution in [0.3, 0.4) is 0 Å². The summed E-state index contributed by atoms with van der Waals surface area (Å²) in [6.07, 6.45) is 6.89. The molecule has 0 saturated heterocycles. The predicted octanol–water partition coefficient (Wildman–Crippen LogP) is 3.05. The molecule has 19 heavy (non-hydrogen) atoms. The smallest absolute Gasteiger partial charge is 0.0696 e. The third kappa shape index (κ3) is 5.24. The molecule has 0 aliphatic carbocycles. The highest BCUT2D eigenvalue weighted by atomic mass is 79.9. The third-order valence-electron chi connectivity index (χ3n) is 3.37. The highest BCUT2D eigenvalue weighted by Crippen LogP contribution is 2.27. The first-order valence-electron chi connectivity index (χ1n) is 7.13. The number of nitrogens with zero attached hydrogens (tertiary/aromatic N) is 3. The van der Waals surface area contributed by atoms with Gasteiger partial charge in [0.1, 0.15) is 0 Å². The van der Waals surface area contributed by atoms with Gasteiger partial charge in [0.05, 0.1) is 29.0 Å². The lowest BCUT2D eigenvalue weighted by molar-refractivity contribution is 0.360. The zero-order valence-electron chi connectivity index (χ0n) is 12.6. The van der Waals surface area contributed by atoms with E-state index in [0.717, 1.165) is 24.0 Å². The van der Waals surface area contributed by atoms with Crippen molar-refractivity contribution in [3.05, 3.63) is 16.4 Å². The Morgan fingerprint density at radius 2 is 2.16 bits per heavy atom. The van der Waals surface area contributed by atoms with Crippen molar-refractivity contribution < 1.29 is 0 Å². The molecule has 0 fully saturated rings. The van der Waals surface area contributed by atoms with Gasteiger partial charge in [-0.2, -0.15) is 5.10 Å². The number of hydrogen-bond donors (Lipinski definition) is 1. The minimum atomic E-state index is 0.380. The Kier molecular flexibility index (Phi) is 7.64. The number of hydrogen-bond acceptors (Lipinski definition) is 3. The van der Waals surface area contributed by atoms with E-state index in [2.05, 4.69) is 56.9 Å². The van der Waals surface area contributed by atoms with Crippen molar-refractivity contribution in [1.29, 1.82) is 0 Å². The Balaban J connectivity index is 2.74. The van der Waals surface area contributed by atoms with Gasteiger partial charge in [-0.05, 0) is 43.5 Å². The number of unbranched alkanes of at least 4 members (excludes halogenated alkanes) is 2. The van der Waals surface area contributed by atoms with Crippen LogP contribution in [0.1, 0.15) is 44.3 Å². The second-order valence-corrected chi connectivity index (χ2v) is 6.10. The highest BCUT2D eigenvalue weighted by Gasteiger charge is 2.18. The van der Waals surface area contributed by atoms with E-state index < -0.39 is 0 Å². The van der Waals surface area contributed by atoms with E-state index in [1.165, 1.54) is 25.0 Å². The minimum absolute atomic E-state index is 0.380. The topological polar surface area (TPSA) is 33.1 Å². The maximum Gasteiger partial charge on any atom is 0.0696 e. The molecule has 1 aromatic rings. The minimum Gasteiger partial charge on any atom is -0.312 e. The standard InChI is InChI=1S/C14H27BrN4/c1-5-6-7-8-13(16-2)14-12(15)11-17-19(14)10-9-18(3)4/h11,13,16H,5-10H2,1-4H3. The predicted molar refractivity (Wildman–Crippen MR) is 84.4 cm³/mol. The Morgan fingerprint density at radius 1 is 1.42 bits per heavy atom. The molecule has 1 rings (SSSR count). The SMILES string of the molecule is CCCCCC(NC)c1c(Br)cnn1CCN(C)C. The summed E-state index contributed by atoms with van der Waals surface area (Å²) in [5.74, 6) is 0. The van der Waals surface area contributed by atoms with Gasteiger partial charge in [-0.25, -0.2) is 0 Å². The van der Waals surface area contributed by atoms with Crippen LogP contribution in [0.2, 0.25) is 0 Å².